The van der Waals surface area contributed by atoms with Crippen LogP contribution < -0.4 is 5.73 Å². The average molecular weight is 294 g/mol. The highest BCUT2D eigenvalue weighted by molar-refractivity contribution is 5.85. The van der Waals surface area contributed by atoms with E-state index in [1.54, 1.807) is 0 Å². The number of hydrogen-bond acceptors (Lipinski definition) is 4. The van der Waals surface area contributed by atoms with Gasteiger partial charge >= 0.3 is 5.97 Å². The Hall–Kier alpha value is -0.320. The van der Waals surface area contributed by atoms with E-state index in [1.807, 2.05) is 6.92 Å². The van der Waals surface area contributed by atoms with Gasteiger partial charge in [0.05, 0.1) is 6.61 Å². The number of aliphatic hydroxyl groups is 1. The van der Waals surface area contributed by atoms with Gasteiger partial charge in [0.25, 0.3) is 0 Å². The molecule has 3 N–H and O–H groups in total. The highest BCUT2D eigenvalue weighted by Gasteiger charge is 2.27. The molecule has 0 aromatic heterocycles. The lowest BCUT2D eigenvalue weighted by atomic mass is 9.84. The van der Waals surface area contributed by atoms with Gasteiger partial charge in [0, 0.05) is 6.04 Å². The number of esters is 1. The van der Waals surface area contributed by atoms with Crippen molar-refractivity contribution < 1.29 is 14.6 Å². The molecule has 114 valence electrons. The van der Waals surface area contributed by atoms with E-state index in [4.69, 9.17) is 10.5 Å². The number of unbranched alkanes of at least 4 members (excludes halogenated alkanes) is 1. The molecule has 1 aliphatic carbocycles. The van der Waals surface area contributed by atoms with Crippen LogP contribution in [0, 0.1) is 5.92 Å². The number of carbonyl (C=O) groups excluding carboxylic acids is 1. The van der Waals surface area contributed by atoms with Gasteiger partial charge in [0.15, 0.2) is 6.10 Å². The molecule has 0 unspecified atom stereocenters. The van der Waals surface area contributed by atoms with E-state index in [0.717, 1.165) is 19.3 Å². The fourth-order valence-corrected chi connectivity index (χ4v) is 2.51. The SMILES string of the molecule is CCCCOC(=O)[C@H](O)[C@@H](N)CC1CCCCC1.Cl. The highest BCUT2D eigenvalue weighted by atomic mass is 35.5. The third-order valence-electron chi connectivity index (χ3n) is 3.72. The Kier molecular flexibility index (Phi) is 10.3. The van der Waals surface area contributed by atoms with Gasteiger partial charge in [0.1, 0.15) is 0 Å². The van der Waals surface area contributed by atoms with E-state index >= 15 is 0 Å². The van der Waals surface area contributed by atoms with Crippen LogP contribution in [0.4, 0.5) is 0 Å². The molecule has 0 aromatic rings. The molecular formula is C14H28ClNO3. The number of nitrogens with two attached hydrogens (primary N) is 1. The van der Waals surface area contributed by atoms with Gasteiger partial charge in [-0.1, -0.05) is 45.4 Å². The Bertz CT molecular complexity index is 245. The number of ether oxygens (including phenoxy) is 1. The van der Waals surface area contributed by atoms with Crippen LogP contribution in [0.1, 0.15) is 58.3 Å². The van der Waals surface area contributed by atoms with E-state index in [-0.39, 0.29) is 12.4 Å². The second-order valence-corrected chi connectivity index (χ2v) is 5.37. The van der Waals surface area contributed by atoms with Crippen molar-refractivity contribution in [1.82, 2.24) is 0 Å². The standard InChI is InChI=1S/C14H27NO3.ClH/c1-2-3-9-18-14(17)13(16)12(15)10-11-7-5-4-6-8-11;/h11-13,16H,2-10,15H2,1H3;1H/t12-,13+;/m0./s1. The summed E-state index contributed by atoms with van der Waals surface area (Å²) in [4.78, 5) is 11.5. The summed E-state index contributed by atoms with van der Waals surface area (Å²) in [6.45, 7) is 2.40. The molecule has 0 heterocycles. The lowest BCUT2D eigenvalue weighted by Crippen LogP contribution is -2.43. The molecule has 19 heavy (non-hydrogen) atoms. The van der Waals surface area contributed by atoms with Crippen molar-refractivity contribution in [2.24, 2.45) is 11.7 Å². The minimum atomic E-state index is -1.16. The van der Waals surface area contributed by atoms with E-state index in [2.05, 4.69) is 0 Å². The van der Waals surface area contributed by atoms with E-state index in [9.17, 15) is 9.90 Å². The monoisotopic (exact) mass is 293 g/mol. The highest BCUT2D eigenvalue weighted by Crippen LogP contribution is 2.27. The molecule has 0 saturated heterocycles. The molecule has 1 rings (SSSR count). The van der Waals surface area contributed by atoms with Crippen LogP contribution in [0.15, 0.2) is 0 Å². The topological polar surface area (TPSA) is 72.5 Å². The summed E-state index contributed by atoms with van der Waals surface area (Å²) in [7, 11) is 0. The van der Waals surface area contributed by atoms with Gasteiger partial charge in [-0.2, -0.15) is 0 Å². The van der Waals surface area contributed by atoms with Crippen LogP contribution in [0.25, 0.3) is 0 Å². The predicted octanol–water partition coefficient (Wildman–Crippen LogP) is 2.41. The maximum absolute atomic E-state index is 11.5. The van der Waals surface area contributed by atoms with Gasteiger partial charge in [-0.15, -0.1) is 12.4 Å². The van der Waals surface area contributed by atoms with Gasteiger partial charge in [-0.05, 0) is 18.8 Å². The average Bonchev–Trinajstić information content (AvgIpc) is 2.39. The zero-order valence-electron chi connectivity index (χ0n) is 11.8. The lowest BCUT2D eigenvalue weighted by molar-refractivity contribution is -0.155. The molecule has 1 aliphatic rings. The van der Waals surface area contributed by atoms with E-state index < -0.39 is 18.1 Å². The van der Waals surface area contributed by atoms with Crippen molar-refractivity contribution in [2.45, 2.75) is 70.4 Å². The quantitative estimate of drug-likeness (QED) is 0.558. The van der Waals surface area contributed by atoms with Gasteiger partial charge < -0.3 is 15.6 Å². The third kappa shape index (κ3) is 7.14. The van der Waals surface area contributed by atoms with Crippen molar-refractivity contribution in [3.05, 3.63) is 0 Å². The maximum Gasteiger partial charge on any atom is 0.336 e. The molecule has 0 radical (unpaired) electrons. The van der Waals surface area contributed by atoms with Crippen LogP contribution in [-0.2, 0) is 9.53 Å². The first-order valence-electron chi connectivity index (χ1n) is 7.25. The summed E-state index contributed by atoms with van der Waals surface area (Å²) >= 11 is 0. The molecule has 0 aromatic carbocycles. The minimum absolute atomic E-state index is 0. The molecule has 0 amide bonds. The van der Waals surface area contributed by atoms with Crippen LogP contribution in [0.2, 0.25) is 0 Å². The van der Waals surface area contributed by atoms with Crippen LogP contribution in [-0.4, -0.2) is 29.8 Å². The summed E-state index contributed by atoms with van der Waals surface area (Å²) in [5, 5.41) is 9.82. The molecule has 1 fully saturated rings. The first-order valence-corrected chi connectivity index (χ1v) is 7.25. The van der Waals surface area contributed by atoms with Crippen molar-refractivity contribution in [3.63, 3.8) is 0 Å². The molecule has 2 atom stereocenters. The molecular weight excluding hydrogens is 266 g/mol. The summed E-state index contributed by atoms with van der Waals surface area (Å²) < 4.78 is 4.99. The number of halogens is 1. The predicted molar refractivity (Wildman–Crippen MR) is 78.3 cm³/mol. The Balaban J connectivity index is 0.00000324. The van der Waals surface area contributed by atoms with Crippen LogP contribution >= 0.6 is 12.4 Å². The van der Waals surface area contributed by atoms with Crippen molar-refractivity contribution >= 4 is 18.4 Å². The van der Waals surface area contributed by atoms with Gasteiger partial charge in [0.2, 0.25) is 0 Å². The second kappa shape index (κ2) is 10.5. The molecule has 1 saturated carbocycles. The Labute approximate surface area is 122 Å². The van der Waals surface area contributed by atoms with Crippen LogP contribution in [0.3, 0.4) is 0 Å². The maximum atomic E-state index is 11.5. The first-order chi connectivity index (χ1) is 8.65. The fourth-order valence-electron chi connectivity index (χ4n) is 2.51. The zero-order chi connectivity index (χ0) is 13.4. The number of hydrogen-bond donors (Lipinski definition) is 2. The summed E-state index contributed by atoms with van der Waals surface area (Å²) in [6, 6.07) is -0.484. The normalized spacial score (nSPS) is 19.3. The summed E-state index contributed by atoms with van der Waals surface area (Å²) in [6.07, 6.45) is 7.49. The van der Waals surface area contributed by atoms with Gasteiger partial charge in [-0.3, -0.25) is 0 Å². The van der Waals surface area contributed by atoms with Crippen molar-refractivity contribution in [1.29, 1.82) is 0 Å². The molecule has 0 aliphatic heterocycles. The molecule has 5 heteroatoms. The number of rotatable bonds is 7. The largest absolute Gasteiger partial charge is 0.464 e. The van der Waals surface area contributed by atoms with Gasteiger partial charge in [-0.25, -0.2) is 4.79 Å². The zero-order valence-corrected chi connectivity index (χ0v) is 12.7. The molecule has 0 spiro atoms. The first kappa shape index (κ1) is 18.7. The summed E-state index contributed by atoms with van der Waals surface area (Å²) in [5.41, 5.74) is 5.90. The fraction of sp³-hybridized carbons (Fsp3) is 0.929. The van der Waals surface area contributed by atoms with Crippen LogP contribution in [0.5, 0.6) is 0 Å². The smallest absolute Gasteiger partial charge is 0.336 e. The lowest BCUT2D eigenvalue weighted by Gasteiger charge is -2.26. The molecule has 0 bridgehead atoms. The third-order valence-corrected chi connectivity index (χ3v) is 3.72. The van der Waals surface area contributed by atoms with Crippen molar-refractivity contribution in [3.8, 4) is 0 Å². The van der Waals surface area contributed by atoms with E-state index in [1.165, 1.54) is 32.1 Å². The Morgan fingerprint density at radius 2 is 2.00 bits per heavy atom. The minimum Gasteiger partial charge on any atom is -0.464 e. The Morgan fingerprint density at radius 3 is 2.58 bits per heavy atom. The summed E-state index contributed by atoms with van der Waals surface area (Å²) in [5.74, 6) is -0.00130. The Morgan fingerprint density at radius 1 is 1.37 bits per heavy atom. The molecule has 4 nitrogen and oxygen atoms in total. The van der Waals surface area contributed by atoms with E-state index in [0.29, 0.717) is 12.5 Å². The van der Waals surface area contributed by atoms with Crippen molar-refractivity contribution in [2.75, 3.05) is 6.61 Å². The second-order valence-electron chi connectivity index (χ2n) is 5.37. The number of aliphatic hydroxyl groups excluding tert-OH is 1. The number of carbonyl (C=O) groups is 1.